The zero-order chi connectivity index (χ0) is 23.1. The quantitative estimate of drug-likeness (QED) is 0.475. The topological polar surface area (TPSA) is 93.4 Å². The van der Waals surface area contributed by atoms with Crippen molar-refractivity contribution >= 4 is 22.7 Å². The van der Waals surface area contributed by atoms with Gasteiger partial charge in [-0.15, -0.1) is 0 Å². The second-order valence-electron chi connectivity index (χ2n) is 8.14. The van der Waals surface area contributed by atoms with E-state index in [1.54, 1.807) is 6.07 Å². The predicted octanol–water partition coefficient (Wildman–Crippen LogP) is 4.66. The van der Waals surface area contributed by atoms with Crippen molar-refractivity contribution in [2.24, 2.45) is 0 Å². The molecule has 0 amide bonds. The highest BCUT2D eigenvalue weighted by atomic mass is 19.1. The molecule has 0 bridgehead atoms. The van der Waals surface area contributed by atoms with Gasteiger partial charge in [0.2, 0.25) is 0 Å². The molecule has 0 aliphatic carbocycles. The zero-order valence-corrected chi connectivity index (χ0v) is 18.2. The van der Waals surface area contributed by atoms with Crippen LogP contribution in [0.1, 0.15) is 34.3 Å². The van der Waals surface area contributed by atoms with Gasteiger partial charge in [0.1, 0.15) is 11.6 Å². The molecule has 1 fully saturated rings. The summed E-state index contributed by atoms with van der Waals surface area (Å²) in [6, 6.07) is 8.73. The Balaban J connectivity index is 1.65. The third-order valence-electron chi connectivity index (χ3n) is 5.78. The number of hydrogen-bond acceptors (Lipinski definition) is 6. The number of para-hydroxylation sites is 1. The summed E-state index contributed by atoms with van der Waals surface area (Å²) < 4.78 is 22.4. The molecule has 2 aromatic carbocycles. The van der Waals surface area contributed by atoms with Gasteiger partial charge in [-0.2, -0.15) is 10.1 Å². The van der Waals surface area contributed by atoms with Gasteiger partial charge < -0.3 is 14.7 Å². The van der Waals surface area contributed by atoms with Gasteiger partial charge in [-0.1, -0.05) is 18.2 Å². The van der Waals surface area contributed by atoms with Crippen LogP contribution in [0, 0.1) is 19.7 Å². The molecule has 1 aliphatic heterocycles. The van der Waals surface area contributed by atoms with Crippen LogP contribution in [0.5, 0.6) is 11.5 Å². The molecule has 2 aromatic heterocycles. The van der Waals surface area contributed by atoms with Crippen molar-refractivity contribution in [3.8, 4) is 17.4 Å². The molecule has 168 valence electrons. The van der Waals surface area contributed by atoms with Crippen molar-refractivity contribution < 1.29 is 19.0 Å². The van der Waals surface area contributed by atoms with Gasteiger partial charge in [0.05, 0.1) is 17.3 Å². The van der Waals surface area contributed by atoms with E-state index in [1.807, 2.05) is 32.0 Å². The van der Waals surface area contributed by atoms with Gasteiger partial charge in [0.25, 0.3) is 5.95 Å². The molecule has 9 heteroatoms. The molecule has 1 aliphatic rings. The predicted molar refractivity (Wildman–Crippen MR) is 121 cm³/mol. The average Bonchev–Trinajstić information content (AvgIpc) is 3.48. The van der Waals surface area contributed by atoms with E-state index in [4.69, 9.17) is 4.74 Å². The van der Waals surface area contributed by atoms with Crippen LogP contribution in [0.3, 0.4) is 0 Å². The van der Waals surface area contributed by atoms with Crippen LogP contribution in [-0.4, -0.2) is 43.9 Å². The lowest BCUT2D eigenvalue weighted by atomic mass is 10.1. The number of rotatable bonds is 5. The molecule has 0 atom stereocenters. The highest BCUT2D eigenvalue weighted by Crippen LogP contribution is 2.36. The molecule has 1 saturated heterocycles. The minimum atomic E-state index is -1.10. The molecular weight excluding hydrogens is 425 g/mol. The Morgan fingerprint density at radius 1 is 1.12 bits per heavy atom. The maximum Gasteiger partial charge on any atom is 0.338 e. The van der Waals surface area contributed by atoms with Crippen molar-refractivity contribution in [2.75, 3.05) is 18.0 Å². The van der Waals surface area contributed by atoms with Gasteiger partial charge in [-0.3, -0.25) is 0 Å². The number of anilines is 1. The van der Waals surface area contributed by atoms with Crippen LogP contribution in [0.4, 0.5) is 10.2 Å². The number of carbonyl (C=O) groups is 1. The number of aryl methyl sites for hydroxylation is 2. The average molecular weight is 447 g/mol. The Morgan fingerprint density at radius 2 is 1.85 bits per heavy atom. The number of ether oxygens (including phenoxy) is 1. The van der Waals surface area contributed by atoms with Crippen molar-refractivity contribution in [1.82, 2.24) is 19.7 Å². The maximum atomic E-state index is 15.1. The largest absolute Gasteiger partial charge is 0.478 e. The summed E-state index contributed by atoms with van der Waals surface area (Å²) in [4.78, 5) is 22.5. The number of aromatic nitrogens is 4. The van der Waals surface area contributed by atoms with Crippen LogP contribution < -0.4 is 9.64 Å². The Kier molecular flexibility index (Phi) is 5.16. The first-order valence-corrected chi connectivity index (χ1v) is 10.7. The fraction of sp³-hybridized carbons (Fsp3) is 0.250. The molecule has 0 saturated carbocycles. The lowest BCUT2D eigenvalue weighted by Gasteiger charge is -2.20. The molecule has 8 nitrogen and oxygen atoms in total. The van der Waals surface area contributed by atoms with Crippen molar-refractivity contribution in [3.63, 3.8) is 0 Å². The number of hydrogen-bond donors (Lipinski definition) is 1. The summed E-state index contributed by atoms with van der Waals surface area (Å²) in [5.74, 6) is -0.0985. The highest BCUT2D eigenvalue weighted by Gasteiger charge is 2.22. The van der Waals surface area contributed by atoms with Crippen molar-refractivity contribution in [2.45, 2.75) is 26.7 Å². The number of fused-ring (bicyclic) bond motifs is 1. The Bertz CT molecular complexity index is 1360. The first-order chi connectivity index (χ1) is 15.9. The van der Waals surface area contributed by atoms with E-state index >= 15 is 4.39 Å². The Labute approximate surface area is 189 Å². The van der Waals surface area contributed by atoms with Crippen LogP contribution in [0.2, 0.25) is 0 Å². The second kappa shape index (κ2) is 8.16. The number of aromatic carboxylic acids is 1. The maximum absolute atomic E-state index is 15.1. The van der Waals surface area contributed by atoms with Crippen molar-refractivity contribution in [3.05, 3.63) is 65.2 Å². The lowest BCUT2D eigenvalue weighted by molar-refractivity contribution is 0.0697. The number of nitrogens with zero attached hydrogens (tertiary/aromatic N) is 5. The fourth-order valence-electron chi connectivity index (χ4n) is 4.07. The minimum absolute atomic E-state index is 0.0185. The Morgan fingerprint density at radius 3 is 2.52 bits per heavy atom. The highest BCUT2D eigenvalue weighted by molar-refractivity contribution is 5.91. The number of carboxylic acids is 1. The first-order valence-electron chi connectivity index (χ1n) is 10.7. The van der Waals surface area contributed by atoms with E-state index in [0.717, 1.165) is 37.1 Å². The fourth-order valence-corrected chi connectivity index (χ4v) is 4.07. The number of halogens is 1. The molecule has 1 N–H and O–H groups in total. The zero-order valence-electron chi connectivity index (χ0n) is 18.2. The van der Waals surface area contributed by atoms with Gasteiger partial charge >= 0.3 is 5.97 Å². The smallest absolute Gasteiger partial charge is 0.338 e. The summed E-state index contributed by atoms with van der Waals surface area (Å²) in [6.45, 7) is 5.47. The van der Waals surface area contributed by atoms with Gasteiger partial charge in [0, 0.05) is 30.7 Å². The van der Waals surface area contributed by atoms with E-state index in [1.165, 1.54) is 23.1 Å². The molecule has 33 heavy (non-hydrogen) atoms. The molecule has 5 rings (SSSR count). The monoisotopic (exact) mass is 447 g/mol. The van der Waals surface area contributed by atoms with Crippen LogP contribution in [-0.2, 0) is 0 Å². The van der Waals surface area contributed by atoms with E-state index in [-0.39, 0.29) is 17.3 Å². The lowest BCUT2D eigenvalue weighted by Crippen LogP contribution is -2.20. The van der Waals surface area contributed by atoms with Crippen molar-refractivity contribution in [1.29, 1.82) is 0 Å². The van der Waals surface area contributed by atoms with E-state index in [2.05, 4.69) is 20.0 Å². The molecule has 0 unspecified atom stereocenters. The molecule has 0 spiro atoms. The summed E-state index contributed by atoms with van der Waals surface area (Å²) in [6.07, 6.45) is 4.62. The SMILES string of the molecule is Cc1cccc(C)c1Oc1cc2c(N3CCCC3)nc(-n3cc(C(=O)O)cn3)nc2cc1F. The summed E-state index contributed by atoms with van der Waals surface area (Å²) >= 11 is 0. The molecule has 3 heterocycles. The van der Waals surface area contributed by atoms with Gasteiger partial charge in [-0.05, 0) is 43.9 Å². The summed E-state index contributed by atoms with van der Waals surface area (Å²) in [7, 11) is 0. The minimum Gasteiger partial charge on any atom is -0.478 e. The summed E-state index contributed by atoms with van der Waals surface area (Å²) in [5, 5.41) is 13.9. The third-order valence-corrected chi connectivity index (χ3v) is 5.78. The number of carboxylic acid groups (broad SMARTS) is 1. The number of benzene rings is 2. The van der Waals surface area contributed by atoms with Crippen LogP contribution >= 0.6 is 0 Å². The Hall–Kier alpha value is -4.01. The second-order valence-corrected chi connectivity index (χ2v) is 8.14. The van der Waals surface area contributed by atoms with E-state index in [0.29, 0.717) is 22.5 Å². The molecular formula is C24H22FN5O3. The molecule has 0 radical (unpaired) electrons. The normalized spacial score (nSPS) is 13.6. The standard InChI is InChI=1S/C24H22FN5O3/c1-14-6-5-7-15(2)21(14)33-20-10-17-19(11-18(20)25)27-24(28-22(17)29-8-3-4-9-29)30-13-16(12-26-30)23(31)32/h5-7,10-13H,3-4,8-9H2,1-2H3,(H,31,32). The van der Waals surface area contributed by atoms with Gasteiger partial charge in [-0.25, -0.2) is 18.9 Å². The first kappa shape index (κ1) is 20.9. The molecule has 4 aromatic rings. The van der Waals surface area contributed by atoms with Crippen LogP contribution in [0.15, 0.2) is 42.7 Å². The van der Waals surface area contributed by atoms with Gasteiger partial charge in [0.15, 0.2) is 11.6 Å². The van der Waals surface area contributed by atoms with Crippen LogP contribution in [0.25, 0.3) is 16.9 Å². The third kappa shape index (κ3) is 3.86. The van der Waals surface area contributed by atoms with E-state index < -0.39 is 11.8 Å². The van der Waals surface area contributed by atoms with E-state index in [9.17, 15) is 9.90 Å². The summed E-state index contributed by atoms with van der Waals surface area (Å²) in [5.41, 5.74) is 2.23.